The van der Waals surface area contributed by atoms with Crippen LogP contribution in [0, 0.1) is 5.82 Å². The van der Waals surface area contributed by atoms with E-state index in [0.717, 1.165) is 0 Å². The van der Waals surface area contributed by atoms with Gasteiger partial charge in [0.25, 0.3) is 11.8 Å². The van der Waals surface area contributed by atoms with Crippen LogP contribution in [0.2, 0.25) is 0 Å². The van der Waals surface area contributed by atoms with Crippen molar-refractivity contribution in [3.8, 4) is 11.8 Å². The number of halogens is 1. The zero-order valence-corrected chi connectivity index (χ0v) is 11.2. The van der Waals surface area contributed by atoms with Gasteiger partial charge in [0.2, 0.25) is 11.8 Å². The lowest BCUT2D eigenvalue weighted by Crippen LogP contribution is -2.14. The Morgan fingerprint density at radius 1 is 1.06 bits per heavy atom. The van der Waals surface area contributed by atoms with Gasteiger partial charge in [-0.3, -0.25) is 0 Å². The largest absolute Gasteiger partial charge is 0.479 e. The highest BCUT2D eigenvalue weighted by atomic mass is 19.1. The van der Waals surface area contributed by atoms with Crippen molar-refractivity contribution in [2.24, 2.45) is 0 Å². The van der Waals surface area contributed by atoms with Crippen LogP contribution in [0.5, 0.6) is 11.8 Å². The summed E-state index contributed by atoms with van der Waals surface area (Å²) in [6, 6.07) is 0. The number of hydrogen-bond acceptors (Lipinski definition) is 5. The summed E-state index contributed by atoms with van der Waals surface area (Å²) in [5.74, 6) is -0.609. The Hall–Kier alpha value is -1.59. The highest BCUT2D eigenvalue weighted by Gasteiger charge is 2.16. The highest BCUT2D eigenvalue weighted by molar-refractivity contribution is 5.36. The predicted molar refractivity (Wildman–Crippen MR) is 65.4 cm³/mol. The normalized spacial score (nSPS) is 9.12. The Bertz CT molecular complexity index is 320. The summed E-state index contributed by atoms with van der Waals surface area (Å²) in [7, 11) is 6.16. The third kappa shape index (κ3) is 4.42. The lowest BCUT2D eigenvalue weighted by molar-refractivity contribution is 0.328. The van der Waals surface area contributed by atoms with Crippen LogP contribution in [0.15, 0.2) is 0 Å². The van der Waals surface area contributed by atoms with E-state index in [4.69, 9.17) is 9.47 Å². The predicted octanol–water partition coefficient (Wildman–Crippen LogP) is 2.12. The van der Waals surface area contributed by atoms with E-state index in [1.807, 2.05) is 0 Å². The van der Waals surface area contributed by atoms with Crippen molar-refractivity contribution in [1.29, 1.82) is 0 Å². The van der Waals surface area contributed by atoms with Crippen LogP contribution in [-0.2, 0) is 0 Å². The molecule has 0 radical (unpaired) electrons. The van der Waals surface area contributed by atoms with Gasteiger partial charge in [-0.25, -0.2) is 0 Å². The second-order valence-electron chi connectivity index (χ2n) is 3.46. The molecule has 1 aromatic heterocycles. The fourth-order valence-corrected chi connectivity index (χ4v) is 0.867. The van der Waals surface area contributed by atoms with Crippen molar-refractivity contribution in [2.75, 3.05) is 33.2 Å². The van der Waals surface area contributed by atoms with E-state index >= 15 is 0 Å². The standard InChI is InChI=1S/C8H12FN3O2.C3H8/c1-12(2)8-10-6(13-3)5(9)7(11-8)14-4;1-3-2/h1-4H3;3H2,1-2H3. The molecule has 0 aromatic carbocycles. The third-order valence-electron chi connectivity index (χ3n) is 1.57. The summed E-state index contributed by atoms with van der Waals surface area (Å²) in [6.07, 6.45) is 1.25. The van der Waals surface area contributed by atoms with Crippen molar-refractivity contribution in [2.45, 2.75) is 20.3 Å². The van der Waals surface area contributed by atoms with Gasteiger partial charge in [-0.15, -0.1) is 0 Å². The van der Waals surface area contributed by atoms with Gasteiger partial charge in [-0.05, 0) is 0 Å². The minimum Gasteiger partial charge on any atom is -0.479 e. The van der Waals surface area contributed by atoms with Crippen molar-refractivity contribution in [3.63, 3.8) is 0 Å². The Morgan fingerprint density at radius 2 is 1.41 bits per heavy atom. The van der Waals surface area contributed by atoms with Crippen LogP contribution in [-0.4, -0.2) is 38.3 Å². The van der Waals surface area contributed by atoms with Crippen LogP contribution >= 0.6 is 0 Å². The minimum absolute atomic E-state index is 0.124. The Labute approximate surface area is 102 Å². The van der Waals surface area contributed by atoms with Gasteiger partial charge in [0.1, 0.15) is 0 Å². The number of aromatic nitrogens is 2. The van der Waals surface area contributed by atoms with Gasteiger partial charge in [0.05, 0.1) is 14.2 Å². The van der Waals surface area contributed by atoms with Gasteiger partial charge in [-0.1, -0.05) is 20.3 Å². The van der Waals surface area contributed by atoms with E-state index in [-0.39, 0.29) is 11.8 Å². The molecule has 1 aromatic rings. The molecule has 6 heteroatoms. The lowest BCUT2D eigenvalue weighted by Gasteiger charge is -2.12. The third-order valence-corrected chi connectivity index (χ3v) is 1.57. The van der Waals surface area contributed by atoms with Gasteiger partial charge >= 0.3 is 0 Å². The van der Waals surface area contributed by atoms with Gasteiger partial charge in [0.15, 0.2) is 0 Å². The SMILES string of the molecule is CCC.COc1nc(N(C)C)nc(OC)c1F. The summed E-state index contributed by atoms with van der Waals surface area (Å²) in [4.78, 5) is 9.30. The first kappa shape index (κ1) is 15.4. The molecule has 0 fully saturated rings. The van der Waals surface area contributed by atoms with E-state index < -0.39 is 5.82 Å². The number of nitrogens with zero attached hydrogens (tertiary/aromatic N) is 3. The van der Waals surface area contributed by atoms with Crippen molar-refractivity contribution in [3.05, 3.63) is 5.82 Å². The van der Waals surface area contributed by atoms with E-state index in [9.17, 15) is 4.39 Å². The number of rotatable bonds is 3. The molecule has 0 saturated carbocycles. The maximum atomic E-state index is 13.3. The minimum atomic E-state index is -0.694. The van der Waals surface area contributed by atoms with Gasteiger partial charge in [-0.2, -0.15) is 14.4 Å². The smallest absolute Gasteiger partial charge is 0.259 e. The van der Waals surface area contributed by atoms with E-state index in [2.05, 4.69) is 23.8 Å². The molecule has 0 aliphatic rings. The van der Waals surface area contributed by atoms with Gasteiger partial charge in [0, 0.05) is 14.1 Å². The number of ether oxygens (including phenoxy) is 2. The van der Waals surface area contributed by atoms with E-state index in [1.165, 1.54) is 20.6 Å². The number of anilines is 1. The summed E-state index contributed by atoms with van der Waals surface area (Å²) in [6.45, 7) is 4.25. The zero-order valence-electron chi connectivity index (χ0n) is 11.2. The summed E-state index contributed by atoms with van der Waals surface area (Å²) in [5.41, 5.74) is 0. The van der Waals surface area contributed by atoms with Gasteiger partial charge < -0.3 is 14.4 Å². The summed E-state index contributed by atoms with van der Waals surface area (Å²) < 4.78 is 22.8. The Morgan fingerprint density at radius 3 is 1.65 bits per heavy atom. The molecule has 0 atom stereocenters. The lowest BCUT2D eigenvalue weighted by atomic mass is 10.5. The van der Waals surface area contributed by atoms with E-state index in [1.54, 1.807) is 19.0 Å². The zero-order chi connectivity index (χ0) is 13.4. The summed E-state index contributed by atoms with van der Waals surface area (Å²) >= 11 is 0. The van der Waals surface area contributed by atoms with E-state index in [0.29, 0.717) is 5.95 Å². The molecule has 0 amide bonds. The second kappa shape index (κ2) is 7.65. The molecule has 0 aliphatic heterocycles. The average molecular weight is 245 g/mol. The molecular formula is C11H20FN3O2. The monoisotopic (exact) mass is 245 g/mol. The molecule has 5 nitrogen and oxygen atoms in total. The first-order valence-electron chi connectivity index (χ1n) is 5.34. The molecule has 0 unspecified atom stereocenters. The molecule has 1 heterocycles. The maximum absolute atomic E-state index is 13.3. The topological polar surface area (TPSA) is 47.5 Å². The molecule has 0 aliphatic carbocycles. The van der Waals surface area contributed by atoms with Crippen LogP contribution in [0.4, 0.5) is 10.3 Å². The quantitative estimate of drug-likeness (QED) is 0.816. The van der Waals surface area contributed by atoms with Crippen LogP contribution in [0.3, 0.4) is 0 Å². The van der Waals surface area contributed by atoms with Crippen molar-refractivity contribution in [1.82, 2.24) is 9.97 Å². The van der Waals surface area contributed by atoms with Crippen molar-refractivity contribution >= 4 is 5.95 Å². The summed E-state index contributed by atoms with van der Waals surface area (Å²) in [5, 5.41) is 0. The highest BCUT2D eigenvalue weighted by Crippen LogP contribution is 2.24. The van der Waals surface area contributed by atoms with Crippen LogP contribution < -0.4 is 14.4 Å². The van der Waals surface area contributed by atoms with Crippen molar-refractivity contribution < 1.29 is 13.9 Å². The van der Waals surface area contributed by atoms with Crippen LogP contribution in [0.25, 0.3) is 0 Å². The molecular weight excluding hydrogens is 225 g/mol. The molecule has 0 spiro atoms. The fourth-order valence-electron chi connectivity index (χ4n) is 0.867. The second-order valence-corrected chi connectivity index (χ2v) is 3.46. The Balaban J connectivity index is 0.000000770. The molecule has 98 valence electrons. The molecule has 17 heavy (non-hydrogen) atoms. The molecule has 0 bridgehead atoms. The maximum Gasteiger partial charge on any atom is 0.259 e. The molecule has 0 saturated heterocycles. The Kier molecular flexibility index (Phi) is 6.93. The van der Waals surface area contributed by atoms with Crippen LogP contribution in [0.1, 0.15) is 20.3 Å². The first-order chi connectivity index (χ1) is 8.01. The molecule has 0 N–H and O–H groups in total. The fraction of sp³-hybridized carbons (Fsp3) is 0.636. The average Bonchev–Trinajstić information content (AvgIpc) is 2.30. The number of hydrogen-bond donors (Lipinski definition) is 0. The molecule has 1 rings (SSSR count). The first-order valence-corrected chi connectivity index (χ1v) is 5.34. The number of methoxy groups -OCH3 is 2.